The van der Waals surface area contributed by atoms with Crippen LogP contribution >= 0.6 is 0 Å². The zero-order valence-electron chi connectivity index (χ0n) is 16.7. The van der Waals surface area contributed by atoms with E-state index in [9.17, 15) is 9.59 Å². The van der Waals surface area contributed by atoms with Crippen LogP contribution in [0.15, 0.2) is 60.9 Å². The van der Waals surface area contributed by atoms with Gasteiger partial charge < -0.3 is 14.4 Å². The van der Waals surface area contributed by atoms with Gasteiger partial charge in [0.05, 0.1) is 24.6 Å². The number of aromatic nitrogens is 2. The Morgan fingerprint density at radius 2 is 1.90 bits per heavy atom. The summed E-state index contributed by atoms with van der Waals surface area (Å²) in [7, 11) is 3.20. The minimum Gasteiger partial charge on any atom is -0.496 e. The van der Waals surface area contributed by atoms with Crippen LogP contribution in [0.25, 0.3) is 5.69 Å². The molecule has 0 fully saturated rings. The van der Waals surface area contributed by atoms with Gasteiger partial charge in [-0.2, -0.15) is 5.10 Å². The van der Waals surface area contributed by atoms with Crippen molar-refractivity contribution in [3.05, 3.63) is 77.6 Å². The van der Waals surface area contributed by atoms with Crippen LogP contribution in [0, 0.1) is 6.92 Å². The van der Waals surface area contributed by atoms with Crippen molar-refractivity contribution in [2.45, 2.75) is 13.5 Å². The standard InChI is InChI=1S/C22H23N3O4/c1-16-9-10-18(11-20(16)28-3)22(27)29-15-21(26)24(2)13-17-12-23-25(14-17)19-7-5-4-6-8-19/h4-12,14H,13,15H2,1-3H3. The summed E-state index contributed by atoms with van der Waals surface area (Å²) in [5.41, 5.74) is 3.07. The van der Waals surface area contributed by atoms with Gasteiger partial charge in [0, 0.05) is 25.4 Å². The summed E-state index contributed by atoms with van der Waals surface area (Å²) in [6.07, 6.45) is 3.57. The third-order valence-electron chi connectivity index (χ3n) is 4.47. The minimum absolute atomic E-state index is 0.301. The van der Waals surface area contributed by atoms with Crippen molar-refractivity contribution in [1.29, 1.82) is 0 Å². The lowest BCUT2D eigenvalue weighted by Crippen LogP contribution is -2.30. The van der Waals surface area contributed by atoms with E-state index in [0.717, 1.165) is 16.8 Å². The number of hydrogen-bond donors (Lipinski definition) is 0. The predicted molar refractivity (Wildman–Crippen MR) is 108 cm³/mol. The SMILES string of the molecule is COc1cc(C(=O)OCC(=O)N(C)Cc2cnn(-c3ccccc3)c2)ccc1C. The number of aryl methyl sites for hydroxylation is 1. The molecule has 150 valence electrons. The average molecular weight is 393 g/mol. The fraction of sp³-hybridized carbons (Fsp3) is 0.227. The van der Waals surface area contributed by atoms with E-state index >= 15 is 0 Å². The molecule has 0 saturated carbocycles. The van der Waals surface area contributed by atoms with Crippen molar-refractivity contribution in [2.75, 3.05) is 20.8 Å². The highest BCUT2D eigenvalue weighted by Crippen LogP contribution is 2.19. The van der Waals surface area contributed by atoms with Crippen LogP contribution in [0.4, 0.5) is 0 Å². The predicted octanol–water partition coefficient (Wildman–Crippen LogP) is 3.00. The molecule has 2 aromatic carbocycles. The first-order chi connectivity index (χ1) is 14.0. The van der Waals surface area contributed by atoms with Crippen LogP contribution in [-0.4, -0.2) is 47.3 Å². The van der Waals surface area contributed by atoms with E-state index in [0.29, 0.717) is 17.9 Å². The third kappa shape index (κ3) is 5.01. The summed E-state index contributed by atoms with van der Waals surface area (Å²) >= 11 is 0. The first-order valence-electron chi connectivity index (χ1n) is 9.12. The monoisotopic (exact) mass is 393 g/mol. The Hall–Kier alpha value is -3.61. The summed E-state index contributed by atoms with van der Waals surface area (Å²) in [5.74, 6) is -0.273. The molecule has 1 heterocycles. The molecule has 0 aliphatic heterocycles. The quantitative estimate of drug-likeness (QED) is 0.577. The molecule has 29 heavy (non-hydrogen) atoms. The molecule has 0 atom stereocenters. The van der Waals surface area contributed by atoms with Crippen LogP contribution < -0.4 is 4.74 Å². The van der Waals surface area contributed by atoms with E-state index in [2.05, 4.69) is 5.10 Å². The Balaban J connectivity index is 1.54. The third-order valence-corrected chi connectivity index (χ3v) is 4.47. The second kappa shape index (κ2) is 9.05. The molecule has 0 unspecified atom stereocenters. The van der Waals surface area contributed by atoms with Crippen LogP contribution in [0.5, 0.6) is 5.75 Å². The number of likely N-dealkylation sites (N-methyl/N-ethyl adjacent to an activating group) is 1. The average Bonchev–Trinajstić information content (AvgIpc) is 3.21. The largest absolute Gasteiger partial charge is 0.496 e. The number of ether oxygens (including phenoxy) is 2. The summed E-state index contributed by atoms with van der Waals surface area (Å²) < 4.78 is 12.1. The fourth-order valence-corrected chi connectivity index (χ4v) is 2.79. The Morgan fingerprint density at radius 1 is 1.14 bits per heavy atom. The maximum absolute atomic E-state index is 12.3. The molecule has 0 saturated heterocycles. The molecule has 1 amide bonds. The zero-order valence-corrected chi connectivity index (χ0v) is 16.7. The number of para-hydroxylation sites is 1. The number of carbonyl (C=O) groups is 2. The van der Waals surface area contributed by atoms with Gasteiger partial charge in [0.1, 0.15) is 5.75 Å². The number of carbonyl (C=O) groups excluding carboxylic acids is 2. The molecule has 1 aromatic heterocycles. The Labute approximate surface area is 169 Å². The highest BCUT2D eigenvalue weighted by atomic mass is 16.5. The van der Waals surface area contributed by atoms with E-state index in [1.54, 1.807) is 36.1 Å². The van der Waals surface area contributed by atoms with Crippen molar-refractivity contribution < 1.29 is 19.1 Å². The lowest BCUT2D eigenvalue weighted by Gasteiger charge is -2.16. The summed E-state index contributed by atoms with van der Waals surface area (Å²) in [6, 6.07) is 14.7. The first-order valence-corrected chi connectivity index (χ1v) is 9.12. The lowest BCUT2D eigenvalue weighted by molar-refractivity contribution is -0.133. The number of benzene rings is 2. The Morgan fingerprint density at radius 3 is 2.62 bits per heavy atom. The molecule has 3 aromatic rings. The van der Waals surface area contributed by atoms with Gasteiger partial charge in [-0.1, -0.05) is 24.3 Å². The molecule has 3 rings (SSSR count). The van der Waals surface area contributed by atoms with Gasteiger partial charge in [-0.15, -0.1) is 0 Å². The second-order valence-electron chi connectivity index (χ2n) is 6.64. The molecule has 0 spiro atoms. The Kier molecular flexibility index (Phi) is 6.29. The zero-order chi connectivity index (χ0) is 20.8. The summed E-state index contributed by atoms with van der Waals surface area (Å²) in [6.45, 7) is 1.91. The molecule has 0 bridgehead atoms. The first kappa shape index (κ1) is 20.1. The molecule has 0 aliphatic carbocycles. The van der Waals surface area contributed by atoms with Gasteiger partial charge in [-0.3, -0.25) is 4.79 Å². The summed E-state index contributed by atoms with van der Waals surface area (Å²) in [4.78, 5) is 26.0. The van der Waals surface area contributed by atoms with Gasteiger partial charge in [-0.05, 0) is 36.8 Å². The summed E-state index contributed by atoms with van der Waals surface area (Å²) in [5, 5.41) is 4.32. The maximum Gasteiger partial charge on any atom is 0.338 e. The lowest BCUT2D eigenvalue weighted by atomic mass is 10.1. The van der Waals surface area contributed by atoms with Crippen LogP contribution in [0.3, 0.4) is 0 Å². The smallest absolute Gasteiger partial charge is 0.338 e. The fourth-order valence-electron chi connectivity index (χ4n) is 2.79. The molecule has 0 aliphatic rings. The van der Waals surface area contributed by atoms with Gasteiger partial charge in [0.2, 0.25) is 0 Å². The van der Waals surface area contributed by atoms with E-state index in [1.807, 2.05) is 43.5 Å². The van der Waals surface area contributed by atoms with E-state index in [4.69, 9.17) is 9.47 Å². The Bertz CT molecular complexity index is 998. The minimum atomic E-state index is -0.568. The number of rotatable bonds is 7. The normalized spacial score (nSPS) is 10.4. The maximum atomic E-state index is 12.3. The van der Waals surface area contributed by atoms with Crippen LogP contribution in [-0.2, 0) is 16.1 Å². The van der Waals surface area contributed by atoms with Crippen molar-refractivity contribution in [1.82, 2.24) is 14.7 Å². The number of methoxy groups -OCH3 is 1. The van der Waals surface area contributed by atoms with Crippen molar-refractivity contribution >= 4 is 11.9 Å². The molecule has 0 radical (unpaired) electrons. The van der Waals surface area contributed by atoms with Gasteiger partial charge in [-0.25, -0.2) is 9.48 Å². The van der Waals surface area contributed by atoms with Crippen molar-refractivity contribution in [2.24, 2.45) is 0 Å². The highest BCUT2D eigenvalue weighted by Gasteiger charge is 2.15. The number of amides is 1. The van der Waals surface area contributed by atoms with Gasteiger partial charge in [0.25, 0.3) is 5.91 Å². The van der Waals surface area contributed by atoms with Crippen LogP contribution in [0.2, 0.25) is 0 Å². The van der Waals surface area contributed by atoms with Crippen molar-refractivity contribution in [3.63, 3.8) is 0 Å². The number of esters is 1. The molecule has 0 N–H and O–H groups in total. The number of hydrogen-bond acceptors (Lipinski definition) is 5. The highest BCUT2D eigenvalue weighted by molar-refractivity contribution is 5.91. The van der Waals surface area contributed by atoms with Gasteiger partial charge >= 0.3 is 5.97 Å². The molecule has 7 heteroatoms. The molecular weight excluding hydrogens is 370 g/mol. The van der Waals surface area contributed by atoms with E-state index in [-0.39, 0.29) is 12.5 Å². The topological polar surface area (TPSA) is 73.7 Å². The number of nitrogens with zero attached hydrogens (tertiary/aromatic N) is 3. The van der Waals surface area contributed by atoms with Gasteiger partial charge in [0.15, 0.2) is 6.61 Å². The van der Waals surface area contributed by atoms with E-state index < -0.39 is 5.97 Å². The van der Waals surface area contributed by atoms with Crippen LogP contribution in [0.1, 0.15) is 21.5 Å². The van der Waals surface area contributed by atoms with E-state index in [1.165, 1.54) is 12.0 Å². The van der Waals surface area contributed by atoms with Crippen molar-refractivity contribution in [3.8, 4) is 11.4 Å². The second-order valence-corrected chi connectivity index (χ2v) is 6.64. The molecular formula is C22H23N3O4. The molecule has 7 nitrogen and oxygen atoms in total.